The summed E-state index contributed by atoms with van der Waals surface area (Å²) in [6.07, 6.45) is 14.2. The summed E-state index contributed by atoms with van der Waals surface area (Å²) in [5.41, 5.74) is 1.88. The topological polar surface area (TPSA) is 80.7 Å². The Morgan fingerprint density at radius 2 is 2.10 bits per heavy atom. The standard InChI is InChI=1S/C24H29N5OS/c1-3-7-18-8-4-10-24(14-18,19-9-5-11-25-15-19)16-28-22(30)20-17(2)29-23(31-20)21-26-12-6-13-27-21/h5-6,9,11-13,15,18H,3-4,7-8,10,14,16H2,1-2H3,(H,28,30). The second kappa shape index (κ2) is 9.64. The summed E-state index contributed by atoms with van der Waals surface area (Å²) >= 11 is 1.35. The van der Waals surface area contributed by atoms with Gasteiger partial charge < -0.3 is 5.32 Å². The maximum absolute atomic E-state index is 13.1. The molecule has 0 radical (unpaired) electrons. The number of amides is 1. The maximum Gasteiger partial charge on any atom is 0.263 e. The van der Waals surface area contributed by atoms with E-state index in [-0.39, 0.29) is 11.3 Å². The van der Waals surface area contributed by atoms with Gasteiger partial charge in [0.25, 0.3) is 5.91 Å². The van der Waals surface area contributed by atoms with Crippen molar-refractivity contribution in [3.8, 4) is 10.8 Å². The van der Waals surface area contributed by atoms with Crippen LogP contribution in [0.25, 0.3) is 10.8 Å². The zero-order valence-electron chi connectivity index (χ0n) is 18.2. The number of nitrogens with one attached hydrogen (secondary N) is 1. The van der Waals surface area contributed by atoms with E-state index < -0.39 is 0 Å². The van der Waals surface area contributed by atoms with Crippen molar-refractivity contribution in [2.45, 2.75) is 57.8 Å². The fraction of sp³-hybridized carbons (Fsp3) is 0.458. The third-order valence-corrected chi connectivity index (χ3v) is 7.42. The summed E-state index contributed by atoms with van der Waals surface area (Å²) in [5.74, 6) is 1.18. The predicted octanol–water partition coefficient (Wildman–Crippen LogP) is 4.96. The molecule has 0 aromatic carbocycles. The van der Waals surface area contributed by atoms with E-state index in [1.165, 1.54) is 42.6 Å². The Bertz CT molecular complexity index is 1010. The van der Waals surface area contributed by atoms with Crippen LogP contribution in [-0.2, 0) is 5.41 Å². The summed E-state index contributed by atoms with van der Waals surface area (Å²) in [6, 6.07) is 5.93. The number of hydrogen-bond donors (Lipinski definition) is 1. The predicted molar refractivity (Wildman–Crippen MR) is 123 cm³/mol. The number of aryl methyl sites for hydroxylation is 1. The summed E-state index contributed by atoms with van der Waals surface area (Å²) < 4.78 is 0. The summed E-state index contributed by atoms with van der Waals surface area (Å²) in [4.78, 5) is 31.2. The molecule has 1 N–H and O–H groups in total. The molecule has 2 atom stereocenters. The van der Waals surface area contributed by atoms with E-state index in [1.54, 1.807) is 18.5 Å². The minimum absolute atomic E-state index is 0.0635. The Morgan fingerprint density at radius 3 is 2.84 bits per heavy atom. The van der Waals surface area contributed by atoms with Gasteiger partial charge in [0.2, 0.25) is 0 Å². The number of rotatable bonds is 7. The zero-order valence-corrected chi connectivity index (χ0v) is 19.0. The Morgan fingerprint density at radius 1 is 1.26 bits per heavy atom. The van der Waals surface area contributed by atoms with Crippen LogP contribution in [0.5, 0.6) is 0 Å². The Balaban J connectivity index is 1.54. The van der Waals surface area contributed by atoms with Crippen LogP contribution in [0.3, 0.4) is 0 Å². The Hall–Kier alpha value is -2.67. The first-order chi connectivity index (χ1) is 15.1. The Labute approximate surface area is 187 Å². The van der Waals surface area contributed by atoms with Crippen molar-refractivity contribution < 1.29 is 4.79 Å². The third-order valence-electron chi connectivity index (χ3n) is 6.27. The van der Waals surface area contributed by atoms with Crippen molar-refractivity contribution in [3.63, 3.8) is 0 Å². The van der Waals surface area contributed by atoms with Gasteiger partial charge in [-0.2, -0.15) is 0 Å². The van der Waals surface area contributed by atoms with Crippen molar-refractivity contribution in [3.05, 3.63) is 59.1 Å². The molecule has 3 aromatic heterocycles. The molecule has 0 bridgehead atoms. The molecule has 3 heterocycles. The molecule has 1 saturated carbocycles. The molecule has 4 rings (SSSR count). The minimum atomic E-state index is -0.0712. The van der Waals surface area contributed by atoms with Gasteiger partial charge in [-0.15, -0.1) is 11.3 Å². The second-order valence-electron chi connectivity index (χ2n) is 8.46. The fourth-order valence-corrected chi connectivity index (χ4v) is 5.71. The second-order valence-corrected chi connectivity index (χ2v) is 9.46. The van der Waals surface area contributed by atoms with E-state index in [2.05, 4.69) is 38.2 Å². The first-order valence-corrected chi connectivity index (χ1v) is 11.9. The Kier molecular flexibility index (Phi) is 6.70. The van der Waals surface area contributed by atoms with Gasteiger partial charge >= 0.3 is 0 Å². The van der Waals surface area contributed by atoms with E-state index in [0.29, 0.717) is 33.9 Å². The highest BCUT2D eigenvalue weighted by Crippen LogP contribution is 2.43. The van der Waals surface area contributed by atoms with Gasteiger partial charge in [0, 0.05) is 36.7 Å². The lowest BCUT2D eigenvalue weighted by Crippen LogP contribution is -2.44. The molecule has 162 valence electrons. The van der Waals surface area contributed by atoms with Crippen molar-refractivity contribution in [1.82, 2.24) is 25.3 Å². The monoisotopic (exact) mass is 435 g/mol. The maximum atomic E-state index is 13.1. The average Bonchev–Trinajstić information content (AvgIpc) is 3.21. The lowest BCUT2D eigenvalue weighted by atomic mass is 9.65. The summed E-state index contributed by atoms with van der Waals surface area (Å²) in [6.45, 7) is 4.74. The molecule has 1 fully saturated rings. The number of hydrogen-bond acceptors (Lipinski definition) is 6. The molecule has 0 saturated heterocycles. The summed E-state index contributed by atoms with van der Waals surface area (Å²) in [5, 5.41) is 3.91. The molecule has 1 aliphatic rings. The number of carbonyl (C=O) groups is 1. The quantitative estimate of drug-likeness (QED) is 0.567. The summed E-state index contributed by atoms with van der Waals surface area (Å²) in [7, 11) is 0. The third kappa shape index (κ3) is 4.82. The van der Waals surface area contributed by atoms with Crippen LogP contribution in [0.1, 0.15) is 66.4 Å². The first-order valence-electron chi connectivity index (χ1n) is 11.0. The molecule has 2 unspecified atom stereocenters. The van der Waals surface area contributed by atoms with Gasteiger partial charge in [-0.05, 0) is 43.4 Å². The van der Waals surface area contributed by atoms with E-state index in [4.69, 9.17) is 0 Å². The lowest BCUT2D eigenvalue weighted by Gasteiger charge is -2.41. The number of pyridine rings is 1. The van der Waals surface area contributed by atoms with Gasteiger partial charge in [0.15, 0.2) is 10.8 Å². The SMILES string of the molecule is CCCC1CCCC(CNC(=O)c2sc(-c3ncccn3)nc2C)(c2cccnc2)C1. The smallest absolute Gasteiger partial charge is 0.263 e. The highest BCUT2D eigenvalue weighted by Gasteiger charge is 2.38. The van der Waals surface area contributed by atoms with Crippen molar-refractivity contribution in [1.29, 1.82) is 0 Å². The molecule has 0 spiro atoms. The molecule has 1 aliphatic carbocycles. The molecule has 7 heteroatoms. The van der Waals surface area contributed by atoms with Crippen molar-refractivity contribution >= 4 is 17.2 Å². The first kappa shape index (κ1) is 21.6. The van der Waals surface area contributed by atoms with Gasteiger partial charge in [-0.1, -0.05) is 38.7 Å². The molecule has 3 aromatic rings. The molecule has 0 aliphatic heterocycles. The zero-order chi connectivity index (χ0) is 21.7. The number of aromatic nitrogens is 4. The highest BCUT2D eigenvalue weighted by molar-refractivity contribution is 7.17. The van der Waals surface area contributed by atoms with Crippen LogP contribution >= 0.6 is 11.3 Å². The molecular formula is C24H29N5OS. The fourth-order valence-electron chi connectivity index (χ4n) is 4.78. The van der Waals surface area contributed by atoms with Crippen LogP contribution < -0.4 is 5.32 Å². The largest absolute Gasteiger partial charge is 0.350 e. The lowest BCUT2D eigenvalue weighted by molar-refractivity contribution is 0.0932. The van der Waals surface area contributed by atoms with Gasteiger partial charge in [0.1, 0.15) is 4.88 Å². The minimum Gasteiger partial charge on any atom is -0.350 e. The normalized spacial score (nSPS) is 21.0. The number of nitrogens with zero attached hydrogens (tertiary/aromatic N) is 4. The van der Waals surface area contributed by atoms with Crippen LogP contribution in [0.4, 0.5) is 0 Å². The highest BCUT2D eigenvalue weighted by atomic mass is 32.1. The van der Waals surface area contributed by atoms with Crippen molar-refractivity contribution in [2.75, 3.05) is 6.54 Å². The number of thiazole rings is 1. The molecular weight excluding hydrogens is 406 g/mol. The molecule has 1 amide bonds. The van der Waals surface area contributed by atoms with E-state index >= 15 is 0 Å². The van der Waals surface area contributed by atoms with Gasteiger partial charge in [-0.3, -0.25) is 9.78 Å². The van der Waals surface area contributed by atoms with Crippen molar-refractivity contribution in [2.24, 2.45) is 5.92 Å². The van der Waals surface area contributed by atoms with Gasteiger partial charge in [-0.25, -0.2) is 15.0 Å². The van der Waals surface area contributed by atoms with Crippen LogP contribution in [0.15, 0.2) is 43.0 Å². The van der Waals surface area contributed by atoms with E-state index in [1.807, 2.05) is 25.4 Å². The van der Waals surface area contributed by atoms with Crippen LogP contribution in [0, 0.1) is 12.8 Å². The van der Waals surface area contributed by atoms with Gasteiger partial charge in [0.05, 0.1) is 5.69 Å². The van der Waals surface area contributed by atoms with Crippen LogP contribution in [0.2, 0.25) is 0 Å². The van der Waals surface area contributed by atoms with Crippen LogP contribution in [-0.4, -0.2) is 32.4 Å². The van der Waals surface area contributed by atoms with E-state index in [9.17, 15) is 4.79 Å². The average molecular weight is 436 g/mol. The molecule has 6 nitrogen and oxygen atoms in total. The molecule has 31 heavy (non-hydrogen) atoms. The van der Waals surface area contributed by atoms with E-state index in [0.717, 1.165) is 12.8 Å². The number of carbonyl (C=O) groups excluding carboxylic acids is 1.